The lowest BCUT2D eigenvalue weighted by Gasteiger charge is -2.30. The summed E-state index contributed by atoms with van der Waals surface area (Å²) < 4.78 is 24.3. The first-order chi connectivity index (χ1) is 17.1. The number of aliphatic hydroxyl groups excluding tert-OH is 1. The van der Waals surface area contributed by atoms with Crippen molar-refractivity contribution in [2.45, 2.75) is 90.5 Å². The summed E-state index contributed by atoms with van der Waals surface area (Å²) >= 11 is 0. The maximum Gasteiger partial charge on any atom is 0.408 e. The Morgan fingerprint density at radius 3 is 2.03 bits per heavy atom. The first kappa shape index (κ1) is 30.1. The number of halogens is 1. The zero-order chi connectivity index (χ0) is 27.9. The number of alkyl carbamates (subject to hydrolysis) is 2. The minimum Gasteiger partial charge on any atom is -0.444 e. The molecule has 3 N–H and O–H groups in total. The minimum atomic E-state index is -0.907. The van der Waals surface area contributed by atoms with Crippen LogP contribution in [0.1, 0.15) is 77.6 Å². The van der Waals surface area contributed by atoms with Crippen molar-refractivity contribution >= 4 is 12.2 Å². The van der Waals surface area contributed by atoms with E-state index in [1.54, 1.807) is 60.6 Å². The van der Waals surface area contributed by atoms with Gasteiger partial charge in [-0.05, 0) is 96.6 Å². The zero-order valence-electron chi connectivity index (χ0n) is 23.0. The molecule has 0 fully saturated rings. The Morgan fingerprint density at radius 1 is 0.892 bits per heavy atom. The normalized spacial score (nSPS) is 14.3. The van der Waals surface area contributed by atoms with Gasteiger partial charge in [-0.1, -0.05) is 36.4 Å². The molecule has 2 amide bonds. The topological polar surface area (TPSA) is 96.9 Å². The van der Waals surface area contributed by atoms with E-state index in [4.69, 9.17) is 9.47 Å². The Balaban J connectivity index is 2.13. The van der Waals surface area contributed by atoms with Gasteiger partial charge >= 0.3 is 12.2 Å². The molecule has 0 aliphatic rings. The summed E-state index contributed by atoms with van der Waals surface area (Å²) in [6, 6.07) is 13.5. The average molecular weight is 517 g/mol. The summed E-state index contributed by atoms with van der Waals surface area (Å²) in [5, 5.41) is 15.7. The Labute approximate surface area is 219 Å². The van der Waals surface area contributed by atoms with Crippen molar-refractivity contribution in [3.05, 3.63) is 71.0 Å². The number of aliphatic hydroxyl groups is 1. The van der Waals surface area contributed by atoms with Crippen molar-refractivity contribution in [2.75, 3.05) is 6.61 Å². The van der Waals surface area contributed by atoms with Crippen molar-refractivity contribution < 1.29 is 28.6 Å². The molecule has 0 aliphatic heterocycles. The second-order valence-corrected chi connectivity index (χ2v) is 11.6. The number of benzene rings is 2. The lowest BCUT2D eigenvalue weighted by Crippen LogP contribution is -2.52. The van der Waals surface area contributed by atoms with E-state index in [0.29, 0.717) is 19.3 Å². The molecule has 8 heteroatoms. The van der Waals surface area contributed by atoms with Crippen LogP contribution in [-0.2, 0) is 22.3 Å². The van der Waals surface area contributed by atoms with E-state index in [2.05, 4.69) is 10.6 Å². The molecule has 0 heterocycles. The summed E-state index contributed by atoms with van der Waals surface area (Å²) in [7, 11) is 0. The van der Waals surface area contributed by atoms with Gasteiger partial charge in [-0.3, -0.25) is 0 Å². The third kappa shape index (κ3) is 11.2. The molecule has 204 valence electrons. The molecular weight excluding hydrogens is 475 g/mol. The van der Waals surface area contributed by atoms with E-state index in [-0.39, 0.29) is 18.5 Å². The van der Waals surface area contributed by atoms with Crippen LogP contribution in [0, 0.1) is 5.82 Å². The SMILES string of the molecule is CC(CO)(Cc1cccc(CCC(NC(=O)OC(C)(C)C)c2ccc(F)cc2)c1)NC(=O)OC(C)(C)C. The van der Waals surface area contributed by atoms with E-state index in [0.717, 1.165) is 16.7 Å². The molecule has 2 rings (SSSR count). The molecule has 37 heavy (non-hydrogen) atoms. The van der Waals surface area contributed by atoms with Gasteiger partial charge in [0.05, 0.1) is 18.2 Å². The molecule has 2 aromatic carbocycles. The zero-order valence-corrected chi connectivity index (χ0v) is 23.0. The van der Waals surface area contributed by atoms with Crippen molar-refractivity contribution in [1.82, 2.24) is 10.6 Å². The molecule has 0 aliphatic carbocycles. The quantitative estimate of drug-likeness (QED) is 0.389. The Kier molecular flexibility index (Phi) is 10.1. The largest absolute Gasteiger partial charge is 0.444 e. The van der Waals surface area contributed by atoms with E-state index < -0.39 is 28.9 Å². The van der Waals surface area contributed by atoms with Gasteiger partial charge in [0.15, 0.2) is 0 Å². The Hall–Kier alpha value is -3.13. The average Bonchev–Trinajstić information content (AvgIpc) is 2.74. The number of hydrogen-bond donors (Lipinski definition) is 3. The molecular formula is C29H41FN2O5. The summed E-state index contributed by atoms with van der Waals surface area (Å²) in [4.78, 5) is 24.7. The van der Waals surface area contributed by atoms with E-state index in [1.807, 2.05) is 24.3 Å². The number of hydrogen-bond acceptors (Lipinski definition) is 5. The number of nitrogens with one attached hydrogen (secondary N) is 2. The first-order valence-electron chi connectivity index (χ1n) is 12.5. The fraction of sp³-hybridized carbons (Fsp3) is 0.517. The van der Waals surface area contributed by atoms with Gasteiger partial charge in [0, 0.05) is 0 Å². The summed E-state index contributed by atoms with van der Waals surface area (Å²) in [5.41, 5.74) is 0.540. The molecule has 2 atom stereocenters. The molecule has 2 aromatic rings. The molecule has 0 saturated carbocycles. The summed E-state index contributed by atoms with van der Waals surface area (Å²) in [5.74, 6) is -0.348. The first-order valence-corrected chi connectivity index (χ1v) is 12.5. The van der Waals surface area contributed by atoms with Crippen molar-refractivity contribution in [3.8, 4) is 0 Å². The van der Waals surface area contributed by atoms with Crippen LogP contribution in [0.2, 0.25) is 0 Å². The van der Waals surface area contributed by atoms with Gasteiger partial charge in [0.2, 0.25) is 0 Å². The summed E-state index contributed by atoms with van der Waals surface area (Å²) in [6.45, 7) is 12.2. The van der Waals surface area contributed by atoms with Gasteiger partial charge in [-0.15, -0.1) is 0 Å². The number of amides is 2. The van der Waals surface area contributed by atoms with Gasteiger partial charge in [-0.2, -0.15) is 0 Å². The van der Waals surface area contributed by atoms with Gasteiger partial charge in [-0.25, -0.2) is 14.0 Å². The van der Waals surface area contributed by atoms with Crippen molar-refractivity contribution in [2.24, 2.45) is 0 Å². The fourth-order valence-electron chi connectivity index (χ4n) is 3.81. The van der Waals surface area contributed by atoms with Gasteiger partial charge in [0.25, 0.3) is 0 Å². The lowest BCUT2D eigenvalue weighted by atomic mass is 9.91. The minimum absolute atomic E-state index is 0.261. The highest BCUT2D eigenvalue weighted by molar-refractivity contribution is 5.69. The van der Waals surface area contributed by atoms with Crippen LogP contribution in [-0.4, -0.2) is 40.6 Å². The molecule has 0 saturated heterocycles. The highest BCUT2D eigenvalue weighted by Crippen LogP contribution is 2.23. The second-order valence-electron chi connectivity index (χ2n) is 11.6. The Morgan fingerprint density at radius 2 is 1.46 bits per heavy atom. The Bertz CT molecular complexity index is 1040. The molecule has 0 radical (unpaired) electrons. The number of ether oxygens (including phenoxy) is 2. The van der Waals surface area contributed by atoms with Crippen molar-refractivity contribution in [1.29, 1.82) is 0 Å². The van der Waals surface area contributed by atoms with Crippen LogP contribution >= 0.6 is 0 Å². The van der Waals surface area contributed by atoms with Crippen molar-refractivity contribution in [3.63, 3.8) is 0 Å². The maximum atomic E-state index is 13.5. The van der Waals surface area contributed by atoms with Crippen LogP contribution in [0.5, 0.6) is 0 Å². The van der Waals surface area contributed by atoms with Crippen LogP contribution in [0.4, 0.5) is 14.0 Å². The second kappa shape index (κ2) is 12.4. The van der Waals surface area contributed by atoms with Crippen LogP contribution < -0.4 is 10.6 Å². The molecule has 0 spiro atoms. The van der Waals surface area contributed by atoms with Gasteiger partial charge in [0.1, 0.15) is 17.0 Å². The highest BCUT2D eigenvalue weighted by atomic mass is 19.1. The van der Waals surface area contributed by atoms with Gasteiger partial charge < -0.3 is 25.2 Å². The smallest absolute Gasteiger partial charge is 0.408 e. The lowest BCUT2D eigenvalue weighted by molar-refractivity contribution is 0.0414. The molecule has 2 unspecified atom stereocenters. The predicted molar refractivity (Wildman–Crippen MR) is 142 cm³/mol. The van der Waals surface area contributed by atoms with Crippen LogP contribution in [0.15, 0.2) is 48.5 Å². The number of rotatable bonds is 9. The third-order valence-electron chi connectivity index (χ3n) is 5.42. The summed E-state index contributed by atoms with van der Waals surface area (Å²) in [6.07, 6.45) is 0.453. The van der Waals surface area contributed by atoms with E-state index in [1.165, 1.54) is 12.1 Å². The highest BCUT2D eigenvalue weighted by Gasteiger charge is 2.29. The van der Waals surface area contributed by atoms with Crippen LogP contribution in [0.3, 0.4) is 0 Å². The maximum absolute atomic E-state index is 13.5. The fourth-order valence-corrected chi connectivity index (χ4v) is 3.81. The molecule has 7 nitrogen and oxygen atoms in total. The van der Waals surface area contributed by atoms with Crippen LogP contribution in [0.25, 0.3) is 0 Å². The van der Waals surface area contributed by atoms with E-state index in [9.17, 15) is 19.1 Å². The third-order valence-corrected chi connectivity index (χ3v) is 5.42. The molecule has 0 aromatic heterocycles. The predicted octanol–water partition coefficient (Wildman–Crippen LogP) is 5.84. The standard InChI is InChI=1S/C29H41FN2O5/c1-27(2,3)36-25(34)31-24(22-12-14-23(30)15-13-22)16-11-20-9-8-10-21(17-20)18-29(7,19-33)32-26(35)37-28(4,5)6/h8-10,12-15,17,24,33H,11,16,18-19H2,1-7H3,(H,31,34)(H,32,35). The number of carbonyl (C=O) groups excluding carboxylic acids is 2. The monoisotopic (exact) mass is 516 g/mol. The van der Waals surface area contributed by atoms with E-state index >= 15 is 0 Å². The number of carbonyl (C=O) groups is 2. The number of aryl methyl sites for hydroxylation is 1. The molecule has 0 bridgehead atoms.